The molecule has 1 aliphatic heterocycles. The molecule has 31 heavy (non-hydrogen) atoms. The summed E-state index contributed by atoms with van der Waals surface area (Å²) >= 11 is 0. The van der Waals surface area contributed by atoms with Crippen LogP contribution in [0.1, 0.15) is 24.0 Å². The highest BCUT2D eigenvalue weighted by molar-refractivity contribution is 5.91. The van der Waals surface area contributed by atoms with Crippen LogP contribution in [0.25, 0.3) is 10.8 Å². The molecule has 3 aromatic rings. The van der Waals surface area contributed by atoms with Crippen molar-refractivity contribution in [2.45, 2.75) is 19.3 Å². The molecule has 1 aliphatic rings. The summed E-state index contributed by atoms with van der Waals surface area (Å²) in [7, 11) is 3.29. The van der Waals surface area contributed by atoms with Gasteiger partial charge in [0, 0.05) is 24.7 Å². The molecular weight excluding hydrogens is 390 g/mol. The monoisotopic (exact) mass is 417 g/mol. The van der Waals surface area contributed by atoms with Crippen molar-refractivity contribution < 1.29 is 14.3 Å². The Morgan fingerprint density at radius 3 is 2.55 bits per heavy atom. The van der Waals surface area contributed by atoms with Crippen molar-refractivity contribution in [2.75, 3.05) is 32.2 Å². The van der Waals surface area contributed by atoms with Gasteiger partial charge in [-0.1, -0.05) is 42.5 Å². The zero-order valence-corrected chi connectivity index (χ0v) is 17.9. The van der Waals surface area contributed by atoms with Crippen LogP contribution in [-0.2, 0) is 11.2 Å². The van der Waals surface area contributed by atoms with Gasteiger partial charge in [-0.05, 0) is 35.2 Å². The van der Waals surface area contributed by atoms with Crippen molar-refractivity contribution in [2.24, 2.45) is 5.10 Å². The summed E-state index contributed by atoms with van der Waals surface area (Å²) in [6.45, 7) is 2.02. The molecule has 0 atom stereocenters. The van der Waals surface area contributed by atoms with E-state index in [4.69, 9.17) is 9.47 Å². The molecule has 0 saturated carbocycles. The molecule has 1 saturated heterocycles. The number of amides is 1. The van der Waals surface area contributed by atoms with Gasteiger partial charge in [0.15, 0.2) is 0 Å². The number of hydrazone groups is 1. The minimum atomic E-state index is -0.174. The number of hydrogen-bond donors (Lipinski definition) is 1. The molecule has 0 bridgehead atoms. The van der Waals surface area contributed by atoms with Crippen LogP contribution in [0.15, 0.2) is 59.7 Å². The van der Waals surface area contributed by atoms with E-state index in [9.17, 15) is 4.79 Å². The normalized spacial score (nSPS) is 13.7. The maximum absolute atomic E-state index is 12.5. The second kappa shape index (κ2) is 9.51. The van der Waals surface area contributed by atoms with Gasteiger partial charge in [-0.3, -0.25) is 4.79 Å². The van der Waals surface area contributed by atoms with Crippen LogP contribution in [0.2, 0.25) is 0 Å². The molecule has 0 aromatic heterocycles. The lowest BCUT2D eigenvalue weighted by molar-refractivity contribution is -0.120. The SMILES string of the molecule is COc1cc(N2CCCC2)c(OC)cc1/C=N\NC(=O)Cc1cccc2ccccc12. The molecule has 0 radical (unpaired) electrons. The molecule has 1 fully saturated rings. The number of fused-ring (bicyclic) bond motifs is 1. The predicted octanol–water partition coefficient (Wildman–Crippen LogP) is 4.15. The van der Waals surface area contributed by atoms with Crippen LogP contribution in [0.4, 0.5) is 5.69 Å². The van der Waals surface area contributed by atoms with Crippen molar-refractivity contribution in [3.63, 3.8) is 0 Å². The van der Waals surface area contributed by atoms with Gasteiger partial charge in [0.25, 0.3) is 0 Å². The van der Waals surface area contributed by atoms with Crippen LogP contribution in [0.5, 0.6) is 11.5 Å². The van der Waals surface area contributed by atoms with E-state index in [-0.39, 0.29) is 12.3 Å². The van der Waals surface area contributed by atoms with Crippen LogP contribution in [0.3, 0.4) is 0 Å². The van der Waals surface area contributed by atoms with Gasteiger partial charge < -0.3 is 14.4 Å². The van der Waals surface area contributed by atoms with Crippen LogP contribution in [-0.4, -0.2) is 39.4 Å². The smallest absolute Gasteiger partial charge is 0.244 e. The quantitative estimate of drug-likeness (QED) is 0.463. The maximum atomic E-state index is 12.5. The molecule has 1 heterocycles. The largest absolute Gasteiger partial charge is 0.496 e. The Morgan fingerprint density at radius 2 is 1.77 bits per heavy atom. The lowest BCUT2D eigenvalue weighted by Gasteiger charge is -2.22. The van der Waals surface area contributed by atoms with E-state index in [1.807, 2.05) is 54.6 Å². The third kappa shape index (κ3) is 4.63. The second-order valence-electron chi connectivity index (χ2n) is 7.57. The number of nitrogens with zero attached hydrogens (tertiary/aromatic N) is 2. The highest BCUT2D eigenvalue weighted by Gasteiger charge is 2.19. The Kier molecular flexibility index (Phi) is 6.36. The molecule has 160 valence electrons. The van der Waals surface area contributed by atoms with Gasteiger partial charge in [0.2, 0.25) is 5.91 Å². The van der Waals surface area contributed by atoms with E-state index >= 15 is 0 Å². The molecule has 4 rings (SSSR count). The number of benzene rings is 3. The number of carbonyl (C=O) groups is 1. The summed E-state index contributed by atoms with van der Waals surface area (Å²) in [5.74, 6) is 1.29. The van der Waals surface area contributed by atoms with Crippen molar-refractivity contribution in [3.8, 4) is 11.5 Å². The van der Waals surface area contributed by atoms with Gasteiger partial charge in [-0.15, -0.1) is 0 Å². The molecule has 1 amide bonds. The first kappa shape index (κ1) is 20.7. The van der Waals surface area contributed by atoms with Gasteiger partial charge in [-0.2, -0.15) is 5.10 Å². The van der Waals surface area contributed by atoms with Gasteiger partial charge >= 0.3 is 0 Å². The summed E-state index contributed by atoms with van der Waals surface area (Å²) in [4.78, 5) is 14.8. The number of hydrogen-bond acceptors (Lipinski definition) is 5. The fourth-order valence-electron chi connectivity index (χ4n) is 4.04. The fourth-order valence-corrected chi connectivity index (χ4v) is 4.04. The van der Waals surface area contributed by atoms with Gasteiger partial charge in [0.05, 0.1) is 32.5 Å². The molecule has 3 aromatic carbocycles. The minimum absolute atomic E-state index is 0.174. The Balaban J connectivity index is 1.48. The standard InChI is InChI=1S/C25H27N3O3/c1-30-23-16-22(28-12-5-6-13-28)24(31-2)14-20(23)17-26-27-25(29)15-19-10-7-9-18-8-3-4-11-21(18)19/h3-4,7-11,14,16-17H,5-6,12-13,15H2,1-2H3,(H,27,29)/b26-17-. The Hall–Kier alpha value is -3.54. The number of rotatable bonds is 7. The Bertz CT molecular complexity index is 1100. The second-order valence-corrected chi connectivity index (χ2v) is 7.57. The van der Waals surface area contributed by atoms with E-state index in [0.717, 1.165) is 46.4 Å². The molecule has 6 nitrogen and oxygen atoms in total. The van der Waals surface area contributed by atoms with Crippen molar-refractivity contribution in [1.29, 1.82) is 0 Å². The summed E-state index contributed by atoms with van der Waals surface area (Å²) in [5, 5.41) is 6.35. The summed E-state index contributed by atoms with van der Waals surface area (Å²) in [6.07, 6.45) is 4.21. The van der Waals surface area contributed by atoms with E-state index in [1.54, 1.807) is 20.4 Å². The van der Waals surface area contributed by atoms with Crippen molar-refractivity contribution in [1.82, 2.24) is 5.43 Å². The molecule has 0 aliphatic carbocycles. The van der Waals surface area contributed by atoms with E-state index < -0.39 is 0 Å². The van der Waals surface area contributed by atoms with E-state index in [1.165, 1.54) is 12.8 Å². The zero-order chi connectivity index (χ0) is 21.6. The average molecular weight is 418 g/mol. The highest BCUT2D eigenvalue weighted by atomic mass is 16.5. The molecule has 0 unspecified atom stereocenters. The summed E-state index contributed by atoms with van der Waals surface area (Å²) in [6, 6.07) is 17.9. The van der Waals surface area contributed by atoms with E-state index in [0.29, 0.717) is 5.75 Å². The van der Waals surface area contributed by atoms with Crippen LogP contribution >= 0.6 is 0 Å². The summed E-state index contributed by atoms with van der Waals surface area (Å²) in [5.41, 5.74) is 5.36. The zero-order valence-electron chi connectivity index (χ0n) is 17.9. The fraction of sp³-hybridized carbons (Fsp3) is 0.280. The summed E-state index contributed by atoms with van der Waals surface area (Å²) < 4.78 is 11.2. The van der Waals surface area contributed by atoms with E-state index in [2.05, 4.69) is 15.4 Å². The predicted molar refractivity (Wildman–Crippen MR) is 124 cm³/mol. The number of methoxy groups -OCH3 is 2. The van der Waals surface area contributed by atoms with Gasteiger partial charge in [0.1, 0.15) is 11.5 Å². The highest BCUT2D eigenvalue weighted by Crippen LogP contribution is 2.36. The molecular formula is C25H27N3O3. The van der Waals surface area contributed by atoms with Crippen molar-refractivity contribution in [3.05, 3.63) is 65.7 Å². The first-order valence-corrected chi connectivity index (χ1v) is 10.5. The topological polar surface area (TPSA) is 63.2 Å². The lowest BCUT2D eigenvalue weighted by atomic mass is 10.0. The maximum Gasteiger partial charge on any atom is 0.244 e. The Morgan fingerprint density at radius 1 is 1.03 bits per heavy atom. The third-order valence-electron chi connectivity index (χ3n) is 5.60. The van der Waals surface area contributed by atoms with Crippen LogP contribution in [0, 0.1) is 0 Å². The van der Waals surface area contributed by atoms with Crippen molar-refractivity contribution >= 4 is 28.6 Å². The molecule has 6 heteroatoms. The molecule has 1 N–H and O–H groups in total. The van der Waals surface area contributed by atoms with Gasteiger partial charge in [-0.25, -0.2) is 5.43 Å². The number of nitrogens with one attached hydrogen (secondary N) is 1. The first-order chi connectivity index (χ1) is 15.2. The Labute approximate surface area is 182 Å². The number of carbonyl (C=O) groups excluding carboxylic acids is 1. The number of ether oxygens (including phenoxy) is 2. The number of anilines is 1. The first-order valence-electron chi connectivity index (χ1n) is 10.5. The molecule has 0 spiro atoms. The average Bonchev–Trinajstić information content (AvgIpc) is 3.33. The lowest BCUT2D eigenvalue weighted by Crippen LogP contribution is -2.20. The van der Waals surface area contributed by atoms with Crippen LogP contribution < -0.4 is 19.8 Å². The third-order valence-corrected chi connectivity index (χ3v) is 5.60. The minimum Gasteiger partial charge on any atom is -0.496 e.